The van der Waals surface area contributed by atoms with Crippen LogP contribution in [0.25, 0.3) is 33.1 Å². The summed E-state index contributed by atoms with van der Waals surface area (Å²) < 4.78 is 6.87. The Hall–Kier alpha value is -6.98. The summed E-state index contributed by atoms with van der Waals surface area (Å²) in [6, 6.07) is 62.5. The van der Waals surface area contributed by atoms with Crippen molar-refractivity contribution in [3.05, 3.63) is 186 Å². The molecule has 0 radical (unpaired) electrons. The van der Waals surface area contributed by atoms with Crippen LogP contribution in [0.4, 0.5) is 45.5 Å². The monoisotopic (exact) mass is 911 g/mol. The van der Waals surface area contributed by atoms with Crippen LogP contribution in [0.15, 0.2) is 168 Å². The molecule has 0 N–H and O–H groups in total. The molecule has 4 nitrogen and oxygen atoms in total. The molecule has 70 heavy (non-hydrogen) atoms. The van der Waals surface area contributed by atoms with Crippen LogP contribution in [0.2, 0.25) is 0 Å². The Morgan fingerprint density at radius 3 is 1.94 bits per heavy atom. The highest BCUT2D eigenvalue weighted by Crippen LogP contribution is 2.62. The second-order valence-corrected chi connectivity index (χ2v) is 23.4. The van der Waals surface area contributed by atoms with Gasteiger partial charge in [0, 0.05) is 56.0 Å². The zero-order valence-corrected chi connectivity index (χ0v) is 42.2. The van der Waals surface area contributed by atoms with Gasteiger partial charge in [-0.15, -0.1) is 0 Å². The molecular weight excluding hydrogens is 850 g/mol. The fourth-order valence-electron chi connectivity index (χ4n) is 13.2. The zero-order valence-electron chi connectivity index (χ0n) is 42.2. The third-order valence-electron chi connectivity index (χ3n) is 17.1. The second-order valence-electron chi connectivity index (χ2n) is 23.4. The highest BCUT2D eigenvalue weighted by atomic mass is 16.3. The van der Waals surface area contributed by atoms with Crippen LogP contribution in [0, 0.1) is 6.92 Å². The number of anilines is 8. The lowest BCUT2D eigenvalue weighted by Gasteiger charge is -2.50. The Morgan fingerprint density at radius 1 is 0.500 bits per heavy atom. The minimum Gasteiger partial charge on any atom is -0.454 e. The SMILES string of the molecule is Cc1cc2c3c(c1)N(c1cccc4c1oc1ccccc14)c1ccc(C(C)(C)C)cc1B3c1ccc(N3c4ccc(-c5ccccc5)cc4C4(C)CCCCC34C)cc1N2c1ccc(C(C)(C)C)cc1. The van der Waals surface area contributed by atoms with Gasteiger partial charge in [-0.2, -0.15) is 0 Å². The van der Waals surface area contributed by atoms with Gasteiger partial charge >= 0.3 is 0 Å². The summed E-state index contributed by atoms with van der Waals surface area (Å²) in [5.41, 5.74) is 23.2. The minimum absolute atomic E-state index is 0.0137. The molecule has 13 rings (SSSR count). The van der Waals surface area contributed by atoms with Gasteiger partial charge in [0.25, 0.3) is 6.71 Å². The molecule has 0 spiro atoms. The molecule has 2 unspecified atom stereocenters. The lowest BCUT2D eigenvalue weighted by Crippen LogP contribution is -2.61. The molecular formula is C65H62BN3O. The molecule has 3 aliphatic heterocycles. The van der Waals surface area contributed by atoms with Crippen molar-refractivity contribution in [2.45, 2.75) is 110 Å². The number of para-hydroxylation sites is 2. The number of rotatable bonds is 4. The summed E-state index contributed by atoms with van der Waals surface area (Å²) in [6.45, 7) is 21.3. The average Bonchev–Trinajstić information content (AvgIpc) is 3.83. The Balaban J connectivity index is 1.08. The maximum atomic E-state index is 6.87. The normalized spacial score (nSPS) is 19.3. The van der Waals surface area contributed by atoms with E-state index in [-0.39, 0.29) is 28.5 Å². The average molecular weight is 912 g/mol. The van der Waals surface area contributed by atoms with Gasteiger partial charge in [-0.1, -0.05) is 158 Å². The van der Waals surface area contributed by atoms with E-state index in [1.54, 1.807) is 0 Å². The number of nitrogens with zero attached hydrogens (tertiary/aromatic N) is 3. The molecule has 346 valence electrons. The predicted octanol–water partition coefficient (Wildman–Crippen LogP) is 16.0. The number of aryl methyl sites for hydroxylation is 1. The first-order valence-electron chi connectivity index (χ1n) is 25.7. The third-order valence-corrected chi connectivity index (χ3v) is 17.1. The van der Waals surface area contributed by atoms with E-state index in [0.717, 1.165) is 34.0 Å². The third kappa shape index (κ3) is 6.15. The van der Waals surface area contributed by atoms with Crippen molar-refractivity contribution in [3.8, 4) is 11.1 Å². The molecule has 9 aromatic rings. The molecule has 5 heteroatoms. The van der Waals surface area contributed by atoms with E-state index >= 15 is 0 Å². The molecule has 1 fully saturated rings. The van der Waals surface area contributed by atoms with Crippen molar-refractivity contribution in [2.24, 2.45) is 0 Å². The van der Waals surface area contributed by atoms with Gasteiger partial charge in [0.15, 0.2) is 5.58 Å². The molecule has 1 aliphatic carbocycles. The summed E-state index contributed by atoms with van der Waals surface area (Å²) >= 11 is 0. The minimum atomic E-state index is -0.107. The van der Waals surface area contributed by atoms with Gasteiger partial charge in [-0.25, -0.2) is 0 Å². The zero-order chi connectivity index (χ0) is 48.1. The van der Waals surface area contributed by atoms with E-state index in [9.17, 15) is 0 Å². The Bertz CT molecular complexity index is 3590. The van der Waals surface area contributed by atoms with Crippen molar-refractivity contribution >= 4 is 90.5 Å². The van der Waals surface area contributed by atoms with Gasteiger partial charge in [0.05, 0.1) is 11.2 Å². The second kappa shape index (κ2) is 15.0. The molecule has 1 aromatic heterocycles. The van der Waals surface area contributed by atoms with Crippen molar-refractivity contribution in [1.82, 2.24) is 0 Å². The van der Waals surface area contributed by atoms with Crippen molar-refractivity contribution in [3.63, 3.8) is 0 Å². The highest BCUT2D eigenvalue weighted by Gasteiger charge is 2.58. The van der Waals surface area contributed by atoms with Crippen molar-refractivity contribution in [2.75, 3.05) is 14.7 Å². The number of hydrogen-bond acceptors (Lipinski definition) is 4. The van der Waals surface area contributed by atoms with Gasteiger partial charge in [-0.05, 0) is 154 Å². The first-order valence-corrected chi connectivity index (χ1v) is 25.7. The van der Waals surface area contributed by atoms with Crippen LogP contribution in [0.5, 0.6) is 0 Å². The maximum absolute atomic E-state index is 6.87. The molecule has 0 saturated heterocycles. The predicted molar refractivity (Wildman–Crippen MR) is 298 cm³/mol. The molecule has 4 heterocycles. The van der Waals surface area contributed by atoms with Gasteiger partial charge in [0.1, 0.15) is 5.58 Å². The van der Waals surface area contributed by atoms with Crippen LogP contribution in [0.3, 0.4) is 0 Å². The molecule has 2 atom stereocenters. The number of benzene rings is 8. The quantitative estimate of drug-likeness (QED) is 0.164. The van der Waals surface area contributed by atoms with Crippen LogP contribution >= 0.6 is 0 Å². The summed E-state index contributed by atoms with van der Waals surface area (Å²) in [4.78, 5) is 7.88. The molecule has 0 amide bonds. The number of fused-ring (bicyclic) bond motifs is 10. The van der Waals surface area contributed by atoms with Crippen molar-refractivity contribution in [1.29, 1.82) is 0 Å². The lowest BCUT2D eigenvalue weighted by atomic mass is 9.33. The summed E-state index contributed by atoms with van der Waals surface area (Å²) in [5, 5.41) is 2.27. The molecule has 1 saturated carbocycles. The van der Waals surface area contributed by atoms with Crippen LogP contribution in [0.1, 0.15) is 103 Å². The molecule has 8 aromatic carbocycles. The first kappa shape index (κ1) is 43.1. The lowest BCUT2D eigenvalue weighted by molar-refractivity contribution is 0.195. The highest BCUT2D eigenvalue weighted by molar-refractivity contribution is 7.00. The summed E-state index contributed by atoms with van der Waals surface area (Å²) in [5.74, 6) is 0. The fraction of sp³-hybridized carbons (Fsp3) is 0.262. The Kier molecular flexibility index (Phi) is 9.24. The van der Waals surface area contributed by atoms with E-state index in [4.69, 9.17) is 4.42 Å². The van der Waals surface area contributed by atoms with Gasteiger partial charge in [-0.3, -0.25) is 0 Å². The Labute approximate surface area is 414 Å². The fourth-order valence-corrected chi connectivity index (χ4v) is 13.2. The van der Waals surface area contributed by atoms with E-state index < -0.39 is 0 Å². The van der Waals surface area contributed by atoms with Gasteiger partial charge < -0.3 is 19.1 Å². The number of hydrogen-bond donors (Lipinski definition) is 0. The first-order chi connectivity index (χ1) is 33.6. The van der Waals surface area contributed by atoms with E-state index in [0.29, 0.717) is 0 Å². The van der Waals surface area contributed by atoms with Crippen LogP contribution < -0.4 is 31.1 Å². The van der Waals surface area contributed by atoms with Crippen LogP contribution in [-0.2, 0) is 16.2 Å². The summed E-state index contributed by atoms with van der Waals surface area (Å²) in [7, 11) is 0. The largest absolute Gasteiger partial charge is 0.454 e. The number of furan rings is 1. The van der Waals surface area contributed by atoms with Gasteiger partial charge in [0.2, 0.25) is 0 Å². The van der Waals surface area contributed by atoms with Crippen LogP contribution in [-0.4, -0.2) is 12.3 Å². The topological polar surface area (TPSA) is 22.9 Å². The van der Waals surface area contributed by atoms with E-state index in [1.165, 1.54) is 109 Å². The van der Waals surface area contributed by atoms with E-state index in [2.05, 4.69) is 241 Å². The summed E-state index contributed by atoms with van der Waals surface area (Å²) in [6.07, 6.45) is 4.78. The van der Waals surface area contributed by atoms with Crippen molar-refractivity contribution < 1.29 is 4.42 Å². The van der Waals surface area contributed by atoms with E-state index in [1.807, 2.05) is 0 Å². The smallest absolute Gasteiger partial charge is 0.252 e. The molecule has 0 bridgehead atoms. The standard InChI is InChI=1S/C65H62BN3O/c1-41-36-57-60-58(37-41)68(55-22-17-21-49-48-20-13-14-23-59(48)70-61(49)55)54-33-27-45(63(5,6)7)39-52(54)66(60)51-31-30-47(40-56(51)67(57)46-28-25-44(26-29-46)62(2,3)4)69-53-32-24-43(42-18-11-10-12-19-42)38-50(53)64(8)34-15-16-35-65(64,69)9/h10-14,17-33,36-40H,15-16,34-35H2,1-9H3. The Morgan fingerprint density at radius 2 is 1.17 bits per heavy atom. The molecule has 4 aliphatic rings. The maximum Gasteiger partial charge on any atom is 0.252 e.